The van der Waals surface area contributed by atoms with Gasteiger partial charge in [-0.25, -0.2) is 0 Å². The van der Waals surface area contributed by atoms with E-state index in [1.165, 1.54) is 13.2 Å². The molecule has 38 heavy (non-hydrogen) atoms. The molecule has 0 aromatic heterocycles. The number of nitrogens with zero attached hydrogens (tertiary/aromatic N) is 1. The summed E-state index contributed by atoms with van der Waals surface area (Å²) in [5.74, 6) is 0.0365. The zero-order chi connectivity index (χ0) is 27.7. The zero-order valence-electron chi connectivity index (χ0n) is 21.8. The van der Waals surface area contributed by atoms with Gasteiger partial charge in [-0.15, -0.1) is 0 Å². The number of methoxy groups -OCH3 is 1. The molecule has 0 radical (unpaired) electrons. The molecular weight excluding hydrogens is 607 g/mol. The molecule has 2 amide bonds. The summed E-state index contributed by atoms with van der Waals surface area (Å²) in [4.78, 5) is 27.8. The Hall–Kier alpha value is -2.19. The molecule has 1 unspecified atom stereocenters. The molecule has 1 heterocycles. The van der Waals surface area contributed by atoms with Gasteiger partial charge < -0.3 is 39.7 Å². The average molecular weight is 645 g/mol. The van der Waals surface area contributed by atoms with Gasteiger partial charge in [0.1, 0.15) is 12.2 Å². The van der Waals surface area contributed by atoms with Crippen LogP contribution in [0, 0.1) is 3.57 Å². The number of hydrogen-bond donors (Lipinski definition) is 4. The number of benzene rings is 1. The fourth-order valence-electron chi connectivity index (χ4n) is 4.61. The summed E-state index contributed by atoms with van der Waals surface area (Å²) in [6.07, 6.45) is 4.97. The molecule has 1 aliphatic heterocycles. The van der Waals surface area contributed by atoms with Gasteiger partial charge in [0.15, 0.2) is 11.5 Å². The monoisotopic (exact) mass is 644 g/mol. The number of rotatable bonds is 12. The quantitative estimate of drug-likeness (QED) is 0.199. The first-order chi connectivity index (χ1) is 18.3. The number of hydrogen-bond acceptors (Lipinski definition) is 8. The van der Waals surface area contributed by atoms with Crippen molar-refractivity contribution in [3.05, 3.63) is 45.1 Å². The van der Waals surface area contributed by atoms with Crippen LogP contribution in [0.3, 0.4) is 0 Å². The zero-order valence-corrected chi connectivity index (χ0v) is 23.9. The van der Waals surface area contributed by atoms with Gasteiger partial charge in [-0.2, -0.15) is 0 Å². The molecule has 3 rings (SSSR count). The number of aliphatic hydroxyl groups excluding tert-OH is 3. The summed E-state index contributed by atoms with van der Waals surface area (Å²) in [6, 6.07) is 2.62. The molecule has 0 spiro atoms. The smallest absolute Gasteiger partial charge is 0.247 e. The van der Waals surface area contributed by atoms with Gasteiger partial charge in [0, 0.05) is 31.7 Å². The molecule has 1 aromatic rings. The fraction of sp³-hybridized carbons (Fsp3) is 0.556. The highest BCUT2D eigenvalue weighted by Crippen LogP contribution is 2.37. The van der Waals surface area contributed by atoms with Crippen LogP contribution in [-0.4, -0.2) is 89.8 Å². The van der Waals surface area contributed by atoms with Crippen molar-refractivity contribution in [2.75, 3.05) is 33.4 Å². The number of ether oxygens (including phenoxy) is 3. The van der Waals surface area contributed by atoms with Crippen LogP contribution in [-0.2, 0) is 20.9 Å². The second-order valence-electron chi connectivity index (χ2n) is 9.22. The summed E-state index contributed by atoms with van der Waals surface area (Å²) >= 11 is 2.06. The maximum absolute atomic E-state index is 13.3. The Kier molecular flexibility index (Phi) is 11.8. The maximum atomic E-state index is 13.3. The minimum absolute atomic E-state index is 0.0705. The predicted octanol–water partition coefficient (Wildman–Crippen LogP) is 1.68. The molecule has 10 nitrogen and oxygen atoms in total. The van der Waals surface area contributed by atoms with Crippen molar-refractivity contribution >= 4 is 34.4 Å². The lowest BCUT2D eigenvalue weighted by Crippen LogP contribution is -2.56. The lowest BCUT2D eigenvalue weighted by Gasteiger charge is -2.41. The average Bonchev–Trinajstić information content (AvgIpc) is 3.44. The Morgan fingerprint density at radius 2 is 2.11 bits per heavy atom. The fourth-order valence-corrected chi connectivity index (χ4v) is 5.40. The Morgan fingerprint density at radius 1 is 1.32 bits per heavy atom. The second-order valence-corrected chi connectivity index (χ2v) is 10.4. The summed E-state index contributed by atoms with van der Waals surface area (Å²) in [7, 11) is 1.48. The topological polar surface area (TPSA) is 138 Å². The number of aliphatic hydroxyl groups is 3. The molecule has 1 fully saturated rings. The van der Waals surface area contributed by atoms with E-state index >= 15 is 0 Å². The predicted molar refractivity (Wildman–Crippen MR) is 149 cm³/mol. The molecule has 4 atom stereocenters. The van der Waals surface area contributed by atoms with Crippen molar-refractivity contribution in [3.8, 4) is 11.5 Å². The van der Waals surface area contributed by atoms with Gasteiger partial charge in [0.25, 0.3) is 0 Å². The van der Waals surface area contributed by atoms with Crippen molar-refractivity contribution in [2.24, 2.45) is 0 Å². The molecule has 210 valence electrons. The molecule has 4 N–H and O–H groups in total. The van der Waals surface area contributed by atoms with Crippen LogP contribution in [0.4, 0.5) is 0 Å². The highest BCUT2D eigenvalue weighted by Gasteiger charge is 2.41. The highest BCUT2D eigenvalue weighted by atomic mass is 127. The van der Waals surface area contributed by atoms with Crippen LogP contribution < -0.4 is 14.8 Å². The van der Waals surface area contributed by atoms with Crippen molar-refractivity contribution in [3.63, 3.8) is 0 Å². The summed E-state index contributed by atoms with van der Waals surface area (Å²) in [5, 5.41) is 33.0. The molecule has 1 aromatic carbocycles. The molecular formula is C27H37IN2O8. The number of amides is 2. The Balaban J connectivity index is 1.99. The standard InChI is InChI=1S/C27H37IN2O8/c1-3-4-7-24(33)30(15-19-6-5-10-37-19)21-13-18(27(35)29-8-9-31)14-22(25(21)34)38-26-20(28)11-17(16-32)12-23(26)36-2/h4,7,11-12,14,19,21-22,25,31-32,34H,3,5-6,8-10,13,15-16H2,1-2H3,(H,29,35)/b7-4+/t19?,21-,22+,25+/m1/s1. The molecule has 1 aliphatic carbocycles. The van der Waals surface area contributed by atoms with Gasteiger partial charge in [0.05, 0.1) is 36.0 Å². The van der Waals surface area contributed by atoms with Crippen molar-refractivity contribution < 1.29 is 39.1 Å². The van der Waals surface area contributed by atoms with E-state index in [0.29, 0.717) is 39.2 Å². The minimum atomic E-state index is -1.16. The highest BCUT2D eigenvalue weighted by molar-refractivity contribution is 14.1. The molecule has 11 heteroatoms. The SMILES string of the molecule is CC/C=C/C(=O)N(CC1CCCO1)[C@@H]1CC(C(=O)NCCO)=C[C@H](Oc2c(I)cc(CO)cc2OC)[C@H]1O. The normalized spacial score (nSPS) is 23.3. The van der Waals surface area contributed by atoms with Crippen LogP contribution >= 0.6 is 22.6 Å². The third kappa shape index (κ3) is 7.69. The maximum Gasteiger partial charge on any atom is 0.247 e. The largest absolute Gasteiger partial charge is 0.493 e. The van der Waals surface area contributed by atoms with E-state index in [1.54, 1.807) is 29.2 Å². The van der Waals surface area contributed by atoms with Gasteiger partial charge >= 0.3 is 0 Å². The molecule has 0 bridgehead atoms. The van der Waals surface area contributed by atoms with Gasteiger partial charge in [-0.05, 0) is 71.7 Å². The Morgan fingerprint density at radius 3 is 2.74 bits per heavy atom. The van der Waals surface area contributed by atoms with Crippen LogP contribution in [0.5, 0.6) is 11.5 Å². The van der Waals surface area contributed by atoms with Crippen LogP contribution in [0.15, 0.2) is 35.9 Å². The van der Waals surface area contributed by atoms with Crippen LogP contribution in [0.25, 0.3) is 0 Å². The van der Waals surface area contributed by atoms with Gasteiger partial charge in [-0.3, -0.25) is 9.59 Å². The number of carbonyl (C=O) groups is 2. The number of halogens is 1. The van der Waals surface area contributed by atoms with Crippen molar-refractivity contribution in [1.82, 2.24) is 10.2 Å². The van der Waals surface area contributed by atoms with Crippen LogP contribution in [0.1, 0.15) is 38.2 Å². The number of carbonyl (C=O) groups excluding carboxylic acids is 2. The van der Waals surface area contributed by atoms with Gasteiger partial charge in [-0.1, -0.05) is 13.0 Å². The minimum Gasteiger partial charge on any atom is -0.493 e. The van der Waals surface area contributed by atoms with Gasteiger partial charge in [0.2, 0.25) is 11.8 Å². The lowest BCUT2D eigenvalue weighted by atomic mass is 9.87. The first-order valence-electron chi connectivity index (χ1n) is 12.8. The first kappa shape index (κ1) is 30.4. The number of allylic oxidation sites excluding steroid dienone is 1. The molecule has 2 aliphatic rings. The third-order valence-electron chi connectivity index (χ3n) is 6.54. The van der Waals surface area contributed by atoms with E-state index in [2.05, 4.69) is 27.9 Å². The van der Waals surface area contributed by atoms with E-state index in [1.807, 2.05) is 6.92 Å². The van der Waals surface area contributed by atoms with E-state index < -0.39 is 24.2 Å². The Bertz CT molecular complexity index is 1020. The third-order valence-corrected chi connectivity index (χ3v) is 7.35. The molecule has 0 saturated carbocycles. The Labute approximate surface area is 236 Å². The molecule has 1 saturated heterocycles. The van der Waals surface area contributed by atoms with E-state index in [0.717, 1.165) is 12.8 Å². The summed E-state index contributed by atoms with van der Waals surface area (Å²) in [5.41, 5.74) is 0.973. The van der Waals surface area contributed by atoms with Crippen molar-refractivity contribution in [2.45, 2.75) is 63.6 Å². The lowest BCUT2D eigenvalue weighted by molar-refractivity contribution is -0.135. The first-order valence-corrected chi connectivity index (χ1v) is 13.9. The summed E-state index contributed by atoms with van der Waals surface area (Å²) in [6.45, 7) is 2.49. The van der Waals surface area contributed by atoms with Crippen molar-refractivity contribution in [1.29, 1.82) is 0 Å². The van der Waals surface area contributed by atoms with E-state index in [9.17, 15) is 24.9 Å². The van der Waals surface area contributed by atoms with Crippen LogP contribution in [0.2, 0.25) is 0 Å². The van der Waals surface area contributed by atoms with E-state index in [4.69, 9.17) is 14.2 Å². The second kappa shape index (κ2) is 14.8. The number of nitrogens with one attached hydrogen (secondary N) is 1. The summed E-state index contributed by atoms with van der Waals surface area (Å²) < 4.78 is 18.2. The van der Waals surface area contributed by atoms with E-state index in [-0.39, 0.29) is 44.7 Å².